The van der Waals surface area contributed by atoms with Gasteiger partial charge in [0, 0.05) is 49.4 Å². The first-order valence-corrected chi connectivity index (χ1v) is 10.7. The zero-order chi connectivity index (χ0) is 22.5. The molecular formula is C24H27N5O3. The number of pyridine rings is 1. The molecule has 1 aromatic carbocycles. The molecule has 1 aliphatic rings. The van der Waals surface area contributed by atoms with Gasteiger partial charge in [-0.15, -0.1) is 0 Å². The maximum Gasteiger partial charge on any atom is 0.251 e. The third-order valence-corrected chi connectivity index (χ3v) is 5.33. The van der Waals surface area contributed by atoms with Gasteiger partial charge in [-0.05, 0) is 55.7 Å². The van der Waals surface area contributed by atoms with E-state index in [0.29, 0.717) is 37.4 Å². The van der Waals surface area contributed by atoms with Crippen molar-refractivity contribution in [3.8, 4) is 17.0 Å². The van der Waals surface area contributed by atoms with Crippen LogP contribution >= 0.6 is 0 Å². The molecule has 2 atom stereocenters. The summed E-state index contributed by atoms with van der Waals surface area (Å²) in [5, 5.41) is 16.1. The Labute approximate surface area is 187 Å². The Hall–Kier alpha value is -3.36. The Morgan fingerprint density at radius 1 is 1.12 bits per heavy atom. The average Bonchev–Trinajstić information content (AvgIpc) is 3.19. The van der Waals surface area contributed by atoms with E-state index < -0.39 is 6.10 Å². The number of aryl methyl sites for hydroxylation is 2. The predicted octanol–water partition coefficient (Wildman–Crippen LogP) is 1.84. The number of nitrogens with zero attached hydrogens (tertiary/aromatic N) is 3. The zero-order valence-electron chi connectivity index (χ0n) is 18.2. The normalized spacial score (nSPS) is 17.8. The van der Waals surface area contributed by atoms with Crippen LogP contribution in [-0.2, 0) is 6.42 Å². The van der Waals surface area contributed by atoms with Gasteiger partial charge in [-0.2, -0.15) is 0 Å². The van der Waals surface area contributed by atoms with E-state index >= 15 is 0 Å². The summed E-state index contributed by atoms with van der Waals surface area (Å²) in [5.74, 6) is 1.03. The Balaban J connectivity index is 1.52. The van der Waals surface area contributed by atoms with Gasteiger partial charge >= 0.3 is 0 Å². The van der Waals surface area contributed by atoms with Gasteiger partial charge in [0.05, 0.1) is 5.69 Å². The van der Waals surface area contributed by atoms with Crippen LogP contribution < -0.4 is 15.4 Å². The van der Waals surface area contributed by atoms with Crippen molar-refractivity contribution in [3.63, 3.8) is 0 Å². The highest BCUT2D eigenvalue weighted by Crippen LogP contribution is 2.27. The SMILES string of the molecule is Cc1ccc(-c2cc(O[C@@H]3CNCC3O)cc(C(=O)NCCc3cnc(C)nc3)c2)nc1. The van der Waals surface area contributed by atoms with Gasteiger partial charge in [0.1, 0.15) is 23.8 Å². The topological polar surface area (TPSA) is 109 Å². The second kappa shape index (κ2) is 9.84. The molecule has 1 aliphatic heterocycles. The van der Waals surface area contributed by atoms with Crippen molar-refractivity contribution < 1.29 is 14.6 Å². The molecule has 3 heterocycles. The summed E-state index contributed by atoms with van der Waals surface area (Å²) >= 11 is 0. The van der Waals surface area contributed by atoms with E-state index in [1.807, 2.05) is 32.0 Å². The van der Waals surface area contributed by atoms with Crippen LogP contribution in [0.15, 0.2) is 48.9 Å². The molecule has 3 N–H and O–H groups in total. The molecule has 0 aliphatic carbocycles. The van der Waals surface area contributed by atoms with Crippen LogP contribution in [-0.4, -0.2) is 57.8 Å². The lowest BCUT2D eigenvalue weighted by atomic mass is 10.1. The van der Waals surface area contributed by atoms with Crippen molar-refractivity contribution in [1.29, 1.82) is 0 Å². The molecule has 32 heavy (non-hydrogen) atoms. The summed E-state index contributed by atoms with van der Waals surface area (Å²) in [6, 6.07) is 9.25. The number of β-amino-alcohol motifs (C(OH)–C–C–N with tert-alkyl or cyclic N) is 1. The summed E-state index contributed by atoms with van der Waals surface area (Å²) in [4.78, 5) is 25.7. The Morgan fingerprint density at radius 3 is 2.62 bits per heavy atom. The van der Waals surface area contributed by atoms with Crippen LogP contribution in [0.2, 0.25) is 0 Å². The largest absolute Gasteiger partial charge is 0.486 e. The van der Waals surface area contributed by atoms with Gasteiger partial charge in [0.25, 0.3) is 5.91 Å². The molecule has 1 unspecified atom stereocenters. The van der Waals surface area contributed by atoms with E-state index in [4.69, 9.17) is 4.74 Å². The first-order chi connectivity index (χ1) is 15.5. The molecule has 8 nitrogen and oxygen atoms in total. The van der Waals surface area contributed by atoms with Gasteiger partial charge in [0.2, 0.25) is 0 Å². The highest BCUT2D eigenvalue weighted by atomic mass is 16.5. The van der Waals surface area contributed by atoms with Crippen molar-refractivity contribution >= 4 is 5.91 Å². The van der Waals surface area contributed by atoms with Crippen LogP contribution in [0.5, 0.6) is 5.75 Å². The maximum absolute atomic E-state index is 12.9. The second-order valence-electron chi connectivity index (χ2n) is 7.99. The predicted molar refractivity (Wildman–Crippen MR) is 121 cm³/mol. The smallest absolute Gasteiger partial charge is 0.251 e. The third kappa shape index (κ3) is 5.46. The number of carbonyl (C=O) groups is 1. The van der Waals surface area contributed by atoms with Gasteiger partial charge in [-0.3, -0.25) is 9.78 Å². The number of carbonyl (C=O) groups excluding carboxylic acids is 1. The molecule has 166 valence electrons. The van der Waals surface area contributed by atoms with Gasteiger partial charge in [-0.1, -0.05) is 6.07 Å². The number of benzene rings is 1. The Kier molecular flexibility index (Phi) is 6.72. The van der Waals surface area contributed by atoms with E-state index in [1.54, 1.807) is 30.7 Å². The number of aliphatic hydroxyl groups excluding tert-OH is 1. The molecule has 1 fully saturated rings. The summed E-state index contributed by atoms with van der Waals surface area (Å²) in [5.41, 5.74) is 4.01. The molecule has 3 aromatic rings. The molecule has 8 heteroatoms. The molecule has 0 spiro atoms. The molecule has 1 saturated heterocycles. The van der Waals surface area contributed by atoms with Crippen LogP contribution in [0.25, 0.3) is 11.3 Å². The van der Waals surface area contributed by atoms with Crippen LogP contribution in [0.3, 0.4) is 0 Å². The third-order valence-electron chi connectivity index (χ3n) is 5.33. The highest BCUT2D eigenvalue weighted by Gasteiger charge is 2.27. The Morgan fingerprint density at radius 2 is 1.94 bits per heavy atom. The molecule has 0 bridgehead atoms. The molecular weight excluding hydrogens is 406 g/mol. The lowest BCUT2D eigenvalue weighted by Crippen LogP contribution is -2.30. The van der Waals surface area contributed by atoms with Crippen LogP contribution in [0, 0.1) is 13.8 Å². The zero-order valence-corrected chi connectivity index (χ0v) is 18.2. The number of rotatable bonds is 7. The van der Waals surface area contributed by atoms with E-state index in [-0.39, 0.29) is 12.0 Å². The van der Waals surface area contributed by atoms with Gasteiger partial charge in [0.15, 0.2) is 0 Å². The summed E-state index contributed by atoms with van der Waals surface area (Å²) in [7, 11) is 0. The maximum atomic E-state index is 12.9. The summed E-state index contributed by atoms with van der Waals surface area (Å²) in [6.07, 6.45) is 5.00. The fraction of sp³-hybridized carbons (Fsp3) is 0.333. The minimum Gasteiger partial charge on any atom is -0.486 e. The van der Waals surface area contributed by atoms with E-state index in [1.165, 1.54) is 0 Å². The van der Waals surface area contributed by atoms with Crippen molar-refractivity contribution in [2.75, 3.05) is 19.6 Å². The standard InChI is InChI=1S/C24H27N5O3/c1-15-3-4-21(29-10-15)18-7-19(9-20(8-18)32-23-14-25-13-22(23)30)24(31)26-6-5-17-11-27-16(2)28-12-17/h3-4,7-12,22-23,25,30H,5-6,13-14H2,1-2H3,(H,26,31)/t22?,23-/m1/s1. The van der Waals surface area contributed by atoms with Gasteiger partial charge < -0.3 is 20.5 Å². The summed E-state index contributed by atoms with van der Waals surface area (Å²) < 4.78 is 6.01. The first kappa shape index (κ1) is 21.9. The van der Waals surface area contributed by atoms with E-state index in [9.17, 15) is 9.90 Å². The first-order valence-electron chi connectivity index (χ1n) is 10.7. The van der Waals surface area contributed by atoms with Crippen molar-refractivity contribution in [3.05, 3.63) is 71.4 Å². The molecule has 0 radical (unpaired) electrons. The number of nitrogens with one attached hydrogen (secondary N) is 2. The molecule has 1 amide bonds. The van der Waals surface area contributed by atoms with Crippen LogP contribution in [0.4, 0.5) is 0 Å². The van der Waals surface area contributed by atoms with E-state index in [2.05, 4.69) is 25.6 Å². The van der Waals surface area contributed by atoms with Crippen molar-refractivity contribution in [2.24, 2.45) is 0 Å². The van der Waals surface area contributed by atoms with Crippen LogP contribution in [0.1, 0.15) is 27.3 Å². The number of hydrogen-bond acceptors (Lipinski definition) is 7. The molecule has 0 saturated carbocycles. The van der Waals surface area contributed by atoms with Gasteiger partial charge in [-0.25, -0.2) is 9.97 Å². The number of aliphatic hydroxyl groups is 1. The van der Waals surface area contributed by atoms with Crippen molar-refractivity contribution in [1.82, 2.24) is 25.6 Å². The van der Waals surface area contributed by atoms with E-state index in [0.717, 1.165) is 28.2 Å². The fourth-order valence-corrected chi connectivity index (χ4v) is 3.49. The highest BCUT2D eigenvalue weighted by molar-refractivity contribution is 5.96. The average molecular weight is 434 g/mol. The number of aromatic nitrogens is 3. The number of ether oxygens (including phenoxy) is 1. The second-order valence-corrected chi connectivity index (χ2v) is 7.99. The number of hydrogen-bond donors (Lipinski definition) is 3. The lowest BCUT2D eigenvalue weighted by Gasteiger charge is -2.18. The lowest BCUT2D eigenvalue weighted by molar-refractivity contribution is 0.0736. The molecule has 4 rings (SSSR count). The van der Waals surface area contributed by atoms with Crippen molar-refractivity contribution in [2.45, 2.75) is 32.5 Å². The minimum absolute atomic E-state index is 0.207. The Bertz CT molecular complexity index is 1070. The summed E-state index contributed by atoms with van der Waals surface area (Å²) in [6.45, 7) is 5.30. The fourth-order valence-electron chi connectivity index (χ4n) is 3.49. The quantitative estimate of drug-likeness (QED) is 0.522. The number of amides is 1. The monoisotopic (exact) mass is 433 g/mol. The molecule has 2 aromatic heterocycles. The minimum atomic E-state index is -0.592.